The summed E-state index contributed by atoms with van der Waals surface area (Å²) in [6.45, 7) is 3.56. The molecule has 0 saturated carbocycles. The molecule has 13 heteroatoms. The van der Waals surface area contributed by atoms with Crippen LogP contribution in [-0.4, -0.2) is 41.8 Å². The molecular formula is C24H18F4N2O6S. The molecule has 0 atom stereocenters. The standard InChI is InChI=1S/C24H18F4N2O6S/c1-3-6-15-20-14-7-4-5-8-18(14)30(23(31)32)21(20)17(12-13-9-10-19(35-2)16(25)11-13)29-22(15)36-37(33,34)24(26,27)28/h3-5,7-11H,1,6,12H2,2H3,(H,31,32). The van der Waals surface area contributed by atoms with Gasteiger partial charge in [-0.25, -0.2) is 18.7 Å². The minimum atomic E-state index is -6.12. The van der Waals surface area contributed by atoms with Gasteiger partial charge in [-0.05, 0) is 30.2 Å². The number of carbonyl (C=O) groups is 1. The van der Waals surface area contributed by atoms with E-state index >= 15 is 0 Å². The second kappa shape index (κ2) is 9.39. The number of carboxylic acid groups (broad SMARTS) is 1. The SMILES string of the molecule is C=CCc1c(OS(=O)(=O)C(F)(F)F)nc(Cc2ccc(OC)c(F)c2)c2c1c1ccccc1n2C(=O)O. The average Bonchev–Trinajstić information content (AvgIpc) is 3.16. The Hall–Kier alpha value is -4.13. The fraction of sp³-hybridized carbons (Fsp3) is 0.167. The second-order valence-corrected chi connectivity index (χ2v) is 9.36. The van der Waals surface area contributed by atoms with Gasteiger partial charge in [0.1, 0.15) is 0 Å². The first kappa shape index (κ1) is 25.9. The van der Waals surface area contributed by atoms with Crippen molar-refractivity contribution in [1.29, 1.82) is 0 Å². The van der Waals surface area contributed by atoms with Crippen LogP contribution in [0.25, 0.3) is 21.8 Å². The van der Waals surface area contributed by atoms with E-state index in [1.54, 1.807) is 12.1 Å². The topological polar surface area (TPSA) is 108 Å². The van der Waals surface area contributed by atoms with Crippen molar-refractivity contribution in [1.82, 2.24) is 9.55 Å². The lowest BCUT2D eigenvalue weighted by Crippen LogP contribution is -2.29. The quantitative estimate of drug-likeness (QED) is 0.145. The van der Waals surface area contributed by atoms with Gasteiger partial charge in [-0.2, -0.15) is 21.6 Å². The predicted molar refractivity (Wildman–Crippen MR) is 126 cm³/mol. The minimum Gasteiger partial charge on any atom is -0.494 e. The number of nitrogens with zero attached hydrogens (tertiary/aromatic N) is 2. The first-order valence-corrected chi connectivity index (χ1v) is 11.9. The summed E-state index contributed by atoms with van der Waals surface area (Å²) in [5, 5.41) is 10.4. The third-order valence-electron chi connectivity index (χ3n) is 5.54. The van der Waals surface area contributed by atoms with Gasteiger partial charge in [-0.1, -0.05) is 30.3 Å². The van der Waals surface area contributed by atoms with Crippen LogP contribution in [0.3, 0.4) is 0 Å². The molecule has 0 unspecified atom stereocenters. The molecule has 0 bridgehead atoms. The summed E-state index contributed by atoms with van der Waals surface area (Å²) >= 11 is 0. The average molecular weight is 538 g/mol. The number of benzene rings is 2. The number of allylic oxidation sites excluding steroid dienone is 1. The highest BCUT2D eigenvalue weighted by molar-refractivity contribution is 7.88. The highest BCUT2D eigenvalue weighted by atomic mass is 32.2. The van der Waals surface area contributed by atoms with Gasteiger partial charge in [0.15, 0.2) is 11.6 Å². The van der Waals surface area contributed by atoms with E-state index in [9.17, 15) is 35.9 Å². The molecule has 4 rings (SSSR count). The number of para-hydroxylation sites is 1. The molecule has 0 aliphatic rings. The van der Waals surface area contributed by atoms with Gasteiger partial charge in [0, 0.05) is 22.8 Å². The molecule has 37 heavy (non-hydrogen) atoms. The Morgan fingerprint density at radius 1 is 1.22 bits per heavy atom. The molecule has 4 aromatic rings. The maximum atomic E-state index is 14.4. The lowest BCUT2D eigenvalue weighted by molar-refractivity contribution is -0.0501. The van der Waals surface area contributed by atoms with Crippen molar-refractivity contribution in [2.45, 2.75) is 18.3 Å². The van der Waals surface area contributed by atoms with Crippen LogP contribution in [0.4, 0.5) is 22.4 Å². The van der Waals surface area contributed by atoms with Crippen LogP contribution in [0.2, 0.25) is 0 Å². The van der Waals surface area contributed by atoms with Crippen LogP contribution in [0.1, 0.15) is 16.8 Å². The van der Waals surface area contributed by atoms with Crippen molar-refractivity contribution in [3.63, 3.8) is 0 Å². The smallest absolute Gasteiger partial charge is 0.494 e. The maximum Gasteiger partial charge on any atom is 0.534 e. The molecule has 194 valence electrons. The van der Waals surface area contributed by atoms with Crippen LogP contribution in [-0.2, 0) is 23.0 Å². The molecule has 0 saturated heterocycles. The number of alkyl halides is 3. The Bertz CT molecular complexity index is 1660. The minimum absolute atomic E-state index is 0.0152. The van der Waals surface area contributed by atoms with E-state index in [4.69, 9.17) is 4.74 Å². The van der Waals surface area contributed by atoms with Gasteiger partial charge < -0.3 is 14.0 Å². The number of pyridine rings is 1. The zero-order chi connectivity index (χ0) is 27.1. The third kappa shape index (κ3) is 4.57. The zero-order valence-corrected chi connectivity index (χ0v) is 19.9. The van der Waals surface area contributed by atoms with Crippen molar-refractivity contribution < 1.29 is 44.8 Å². The summed E-state index contributed by atoms with van der Waals surface area (Å²) in [5.41, 5.74) is -5.59. The van der Waals surface area contributed by atoms with Crippen LogP contribution in [0.5, 0.6) is 11.6 Å². The van der Waals surface area contributed by atoms with Gasteiger partial charge in [0.25, 0.3) is 0 Å². The van der Waals surface area contributed by atoms with Crippen molar-refractivity contribution in [2.75, 3.05) is 7.11 Å². The fourth-order valence-electron chi connectivity index (χ4n) is 4.06. The summed E-state index contributed by atoms with van der Waals surface area (Å²) in [5.74, 6) is -1.69. The monoisotopic (exact) mass is 538 g/mol. The van der Waals surface area contributed by atoms with Crippen LogP contribution in [0, 0.1) is 5.82 Å². The molecule has 0 aliphatic carbocycles. The summed E-state index contributed by atoms with van der Waals surface area (Å²) < 4.78 is 87.9. The van der Waals surface area contributed by atoms with Crippen molar-refractivity contribution in [3.8, 4) is 11.6 Å². The van der Waals surface area contributed by atoms with Crippen molar-refractivity contribution >= 4 is 38.0 Å². The second-order valence-electron chi connectivity index (χ2n) is 7.82. The Kier molecular flexibility index (Phi) is 6.59. The highest BCUT2D eigenvalue weighted by Gasteiger charge is 2.49. The van der Waals surface area contributed by atoms with Crippen molar-refractivity contribution in [2.24, 2.45) is 0 Å². The molecule has 0 aliphatic heterocycles. The van der Waals surface area contributed by atoms with E-state index in [-0.39, 0.29) is 51.8 Å². The Balaban J connectivity index is 2.11. The number of ether oxygens (including phenoxy) is 1. The van der Waals surface area contributed by atoms with Gasteiger partial charge in [-0.3, -0.25) is 0 Å². The van der Waals surface area contributed by atoms with Gasteiger partial charge in [0.05, 0.1) is 23.8 Å². The number of hydrogen-bond acceptors (Lipinski definition) is 6. The van der Waals surface area contributed by atoms with Crippen molar-refractivity contribution in [3.05, 3.63) is 77.8 Å². The lowest BCUT2D eigenvalue weighted by Gasteiger charge is -2.16. The normalized spacial score (nSPS) is 12.1. The predicted octanol–water partition coefficient (Wildman–Crippen LogP) is 5.41. The van der Waals surface area contributed by atoms with Crippen LogP contribution >= 0.6 is 0 Å². The molecular weight excluding hydrogens is 520 g/mol. The molecule has 1 N–H and O–H groups in total. The van der Waals surface area contributed by atoms with Gasteiger partial charge >= 0.3 is 21.7 Å². The molecule has 0 fully saturated rings. The summed E-state index contributed by atoms with van der Waals surface area (Å²) in [7, 11) is -4.86. The molecule has 2 aromatic carbocycles. The zero-order valence-electron chi connectivity index (χ0n) is 19.0. The van der Waals surface area contributed by atoms with E-state index in [1.165, 1.54) is 37.5 Å². The summed E-state index contributed by atoms with van der Waals surface area (Å²) in [6.07, 6.45) is -0.611. The van der Waals surface area contributed by atoms with E-state index in [0.29, 0.717) is 5.39 Å². The number of methoxy groups -OCH3 is 1. The Morgan fingerprint density at radius 2 is 1.92 bits per heavy atom. The van der Waals surface area contributed by atoms with Crippen LogP contribution < -0.4 is 8.92 Å². The largest absolute Gasteiger partial charge is 0.534 e. The van der Waals surface area contributed by atoms with Gasteiger partial charge in [0.2, 0.25) is 5.88 Å². The Labute approximate surface area is 207 Å². The molecule has 2 aromatic heterocycles. The number of hydrogen-bond donors (Lipinski definition) is 1. The third-order valence-corrected chi connectivity index (χ3v) is 6.49. The summed E-state index contributed by atoms with van der Waals surface area (Å²) in [4.78, 5) is 16.3. The molecule has 8 nitrogen and oxygen atoms in total. The Morgan fingerprint density at radius 3 is 2.51 bits per heavy atom. The molecule has 0 spiro atoms. The van der Waals surface area contributed by atoms with E-state index < -0.39 is 33.4 Å². The number of halogens is 4. The number of aromatic nitrogens is 2. The molecule has 0 amide bonds. The number of fused-ring (bicyclic) bond motifs is 3. The fourth-order valence-corrected chi connectivity index (χ4v) is 4.50. The summed E-state index contributed by atoms with van der Waals surface area (Å²) in [6, 6.07) is 10.0. The highest BCUT2D eigenvalue weighted by Crippen LogP contribution is 2.39. The van der Waals surface area contributed by atoms with E-state index in [2.05, 4.69) is 15.7 Å². The van der Waals surface area contributed by atoms with E-state index in [0.717, 1.165) is 10.6 Å². The van der Waals surface area contributed by atoms with Crippen LogP contribution in [0.15, 0.2) is 55.1 Å². The molecule has 2 heterocycles. The number of rotatable bonds is 7. The van der Waals surface area contributed by atoms with Gasteiger partial charge in [-0.15, -0.1) is 6.58 Å². The maximum absolute atomic E-state index is 14.4. The molecule has 0 radical (unpaired) electrons. The van der Waals surface area contributed by atoms with E-state index in [1.807, 2.05) is 0 Å². The first-order valence-electron chi connectivity index (χ1n) is 10.5. The first-order chi connectivity index (χ1) is 17.4. The lowest BCUT2D eigenvalue weighted by atomic mass is 10.0.